The van der Waals surface area contributed by atoms with Crippen LogP contribution in [0.4, 0.5) is 0 Å². The van der Waals surface area contributed by atoms with Gasteiger partial charge in [-0.1, -0.05) is 46.3 Å². The van der Waals surface area contributed by atoms with Crippen molar-refractivity contribution in [3.63, 3.8) is 0 Å². The molecule has 0 aliphatic carbocycles. The van der Waals surface area contributed by atoms with E-state index < -0.39 is 12.2 Å². The highest BCUT2D eigenvalue weighted by Crippen LogP contribution is 2.41. The highest BCUT2D eigenvalue weighted by molar-refractivity contribution is 9.10. The van der Waals surface area contributed by atoms with Crippen molar-refractivity contribution in [2.45, 2.75) is 19.1 Å². The van der Waals surface area contributed by atoms with Gasteiger partial charge in [0.15, 0.2) is 5.78 Å². The average molecular weight is 387 g/mol. The highest BCUT2D eigenvalue weighted by Gasteiger charge is 2.49. The zero-order valence-electron chi connectivity index (χ0n) is 12.8. The topological polar surface area (TPSA) is 52.6 Å². The van der Waals surface area contributed by atoms with Crippen molar-refractivity contribution in [2.75, 3.05) is 0 Å². The number of fused-ring (bicyclic) bond motifs is 2. The summed E-state index contributed by atoms with van der Waals surface area (Å²) in [5, 5.41) is 0. The third kappa shape index (κ3) is 2.73. The van der Waals surface area contributed by atoms with Crippen molar-refractivity contribution in [3.8, 4) is 5.75 Å². The van der Waals surface area contributed by atoms with Crippen LogP contribution in [0.5, 0.6) is 5.75 Å². The van der Waals surface area contributed by atoms with Gasteiger partial charge in [0.05, 0.1) is 11.8 Å². The first kappa shape index (κ1) is 15.4. The van der Waals surface area contributed by atoms with Gasteiger partial charge in [-0.15, -0.1) is 0 Å². The zero-order chi connectivity index (χ0) is 16.7. The number of hydrogen-bond donors (Lipinski definition) is 0. The fraction of sp³-hybridized carbons (Fsp3) is 0.263. The summed E-state index contributed by atoms with van der Waals surface area (Å²) in [6, 6.07) is 14.9. The van der Waals surface area contributed by atoms with E-state index in [1.165, 1.54) is 0 Å². The van der Waals surface area contributed by atoms with Crippen LogP contribution in [0.1, 0.15) is 22.3 Å². The standard InChI is InChI=1S/C19H15BrO4/c20-13-7-5-11(6-8-13)16(21)10-14-15-9-12-3-1-2-4-17(12)23-19(15)24-18(14)22/h1-8,14-15,19H,9-10H2/t14-,15+,19-/m0/s1. The zero-order valence-corrected chi connectivity index (χ0v) is 14.4. The molecular formula is C19H15BrO4. The molecule has 2 aliphatic rings. The van der Waals surface area contributed by atoms with E-state index in [9.17, 15) is 9.59 Å². The maximum atomic E-state index is 12.5. The fourth-order valence-corrected chi connectivity index (χ4v) is 3.62. The van der Waals surface area contributed by atoms with Gasteiger partial charge in [0.1, 0.15) is 5.75 Å². The van der Waals surface area contributed by atoms with E-state index in [2.05, 4.69) is 15.9 Å². The molecule has 0 radical (unpaired) electrons. The summed E-state index contributed by atoms with van der Waals surface area (Å²) in [5.41, 5.74) is 1.66. The lowest BCUT2D eigenvalue weighted by molar-refractivity contribution is -0.154. The highest BCUT2D eigenvalue weighted by atomic mass is 79.9. The number of carbonyl (C=O) groups is 2. The minimum absolute atomic E-state index is 0.0519. The molecule has 2 aromatic carbocycles. The van der Waals surface area contributed by atoms with Crippen molar-refractivity contribution in [1.82, 2.24) is 0 Å². The fourth-order valence-electron chi connectivity index (χ4n) is 3.36. The molecule has 1 saturated heterocycles. The molecule has 0 spiro atoms. The summed E-state index contributed by atoms with van der Waals surface area (Å²) in [6.07, 6.45) is 0.244. The van der Waals surface area contributed by atoms with Gasteiger partial charge >= 0.3 is 5.97 Å². The number of ether oxygens (including phenoxy) is 2. The van der Waals surface area contributed by atoms with Crippen LogP contribution in [0.2, 0.25) is 0 Å². The summed E-state index contributed by atoms with van der Waals surface area (Å²) < 4.78 is 12.1. The molecule has 0 N–H and O–H groups in total. The molecule has 0 bridgehead atoms. The summed E-state index contributed by atoms with van der Waals surface area (Å²) >= 11 is 3.35. The molecule has 4 nitrogen and oxygen atoms in total. The van der Waals surface area contributed by atoms with Gasteiger partial charge in [-0.25, -0.2) is 0 Å². The Morgan fingerprint density at radius 3 is 2.62 bits per heavy atom. The van der Waals surface area contributed by atoms with E-state index >= 15 is 0 Å². The van der Waals surface area contributed by atoms with Crippen molar-refractivity contribution in [2.24, 2.45) is 11.8 Å². The number of para-hydroxylation sites is 1. The first-order chi connectivity index (χ1) is 11.6. The number of hydrogen-bond acceptors (Lipinski definition) is 4. The van der Waals surface area contributed by atoms with Gasteiger partial charge in [0, 0.05) is 16.5 Å². The molecular weight excluding hydrogens is 372 g/mol. The van der Waals surface area contributed by atoms with Gasteiger partial charge in [0.25, 0.3) is 0 Å². The van der Waals surface area contributed by atoms with E-state index in [0.717, 1.165) is 15.8 Å². The first-order valence-electron chi connectivity index (χ1n) is 7.85. The molecule has 2 aliphatic heterocycles. The monoisotopic (exact) mass is 386 g/mol. The lowest BCUT2D eigenvalue weighted by Crippen LogP contribution is -2.33. The summed E-state index contributed by atoms with van der Waals surface area (Å²) in [4.78, 5) is 24.8. The summed E-state index contributed by atoms with van der Waals surface area (Å²) in [5.74, 6) is -0.218. The number of rotatable bonds is 3. The Morgan fingerprint density at radius 1 is 1.08 bits per heavy atom. The first-order valence-corrected chi connectivity index (χ1v) is 8.65. The van der Waals surface area contributed by atoms with Crippen LogP contribution in [0.25, 0.3) is 0 Å². The van der Waals surface area contributed by atoms with Gasteiger partial charge in [0.2, 0.25) is 6.29 Å². The van der Waals surface area contributed by atoms with Crippen molar-refractivity contribution in [3.05, 3.63) is 64.1 Å². The largest absolute Gasteiger partial charge is 0.454 e. The average Bonchev–Trinajstić information content (AvgIpc) is 2.88. The van der Waals surface area contributed by atoms with Gasteiger partial charge < -0.3 is 9.47 Å². The van der Waals surface area contributed by atoms with Crippen LogP contribution < -0.4 is 4.74 Å². The quantitative estimate of drug-likeness (QED) is 0.594. The van der Waals surface area contributed by atoms with Crippen molar-refractivity contribution < 1.29 is 19.1 Å². The second-order valence-electron chi connectivity index (χ2n) is 6.14. The van der Waals surface area contributed by atoms with Crippen LogP contribution >= 0.6 is 15.9 Å². The third-order valence-electron chi connectivity index (χ3n) is 4.64. The van der Waals surface area contributed by atoms with Crippen molar-refractivity contribution >= 4 is 27.7 Å². The summed E-state index contributed by atoms with van der Waals surface area (Å²) in [7, 11) is 0. The predicted molar refractivity (Wildman–Crippen MR) is 90.7 cm³/mol. The smallest absolute Gasteiger partial charge is 0.313 e. The van der Waals surface area contributed by atoms with Crippen LogP contribution in [-0.2, 0) is 16.0 Å². The lowest BCUT2D eigenvalue weighted by atomic mass is 9.82. The third-order valence-corrected chi connectivity index (χ3v) is 5.17. The van der Waals surface area contributed by atoms with Gasteiger partial charge in [-0.3, -0.25) is 9.59 Å². The molecule has 4 rings (SSSR count). The normalized spacial score (nSPS) is 24.5. The predicted octanol–water partition coefficient (Wildman–Crippen LogP) is 3.77. The minimum atomic E-state index is -0.588. The Bertz CT molecular complexity index is 799. The number of carbonyl (C=O) groups excluding carboxylic acids is 2. The number of esters is 1. The van der Waals surface area contributed by atoms with Gasteiger partial charge in [-0.05, 0) is 30.2 Å². The Kier molecular flexibility index (Phi) is 3.88. The Balaban J connectivity index is 1.54. The Labute approximate surface area is 147 Å². The maximum Gasteiger partial charge on any atom is 0.313 e. The van der Waals surface area contributed by atoms with Gasteiger partial charge in [-0.2, -0.15) is 0 Å². The molecule has 3 atom stereocenters. The second kappa shape index (κ2) is 6.06. The van der Waals surface area contributed by atoms with E-state index in [0.29, 0.717) is 12.0 Å². The second-order valence-corrected chi connectivity index (χ2v) is 7.06. The molecule has 0 amide bonds. The van der Waals surface area contributed by atoms with E-state index in [1.54, 1.807) is 12.1 Å². The van der Waals surface area contributed by atoms with Crippen molar-refractivity contribution in [1.29, 1.82) is 0 Å². The molecule has 0 saturated carbocycles. The lowest BCUT2D eigenvalue weighted by Gasteiger charge is -2.28. The Morgan fingerprint density at radius 2 is 1.83 bits per heavy atom. The molecule has 2 aromatic rings. The molecule has 2 heterocycles. The summed E-state index contributed by atoms with van der Waals surface area (Å²) in [6.45, 7) is 0. The molecule has 122 valence electrons. The molecule has 0 aromatic heterocycles. The Hall–Kier alpha value is -2.14. The molecule has 5 heteroatoms. The van der Waals surface area contributed by atoms with E-state index in [-0.39, 0.29) is 24.1 Å². The number of Topliss-reactive ketones (excluding diaryl/α,β-unsaturated/α-hetero) is 1. The molecule has 0 unspecified atom stereocenters. The number of benzene rings is 2. The number of halogens is 1. The van der Waals surface area contributed by atoms with Crippen LogP contribution in [0.15, 0.2) is 53.0 Å². The van der Waals surface area contributed by atoms with E-state index in [4.69, 9.17) is 9.47 Å². The molecule has 1 fully saturated rings. The number of ketones is 1. The van der Waals surface area contributed by atoms with E-state index in [1.807, 2.05) is 36.4 Å². The molecule has 24 heavy (non-hydrogen) atoms. The van der Waals surface area contributed by atoms with Crippen LogP contribution in [0.3, 0.4) is 0 Å². The minimum Gasteiger partial charge on any atom is -0.454 e. The van der Waals surface area contributed by atoms with Crippen LogP contribution in [-0.4, -0.2) is 18.0 Å². The maximum absolute atomic E-state index is 12.5. The SMILES string of the molecule is O=C(C[C@@H]1C(=O)O[C@@H]2Oc3ccccc3C[C@@H]21)c1ccc(Br)cc1. The van der Waals surface area contributed by atoms with Crippen LogP contribution in [0, 0.1) is 11.8 Å².